The summed E-state index contributed by atoms with van der Waals surface area (Å²) < 4.78 is 8.92. The molecule has 0 unspecified atom stereocenters. The molecule has 1 aliphatic carbocycles. The van der Waals surface area contributed by atoms with Crippen molar-refractivity contribution in [3.05, 3.63) is 43.0 Å². The minimum absolute atomic E-state index is 0.414. The van der Waals surface area contributed by atoms with Crippen LogP contribution in [0, 0.1) is 5.92 Å². The number of anilines is 1. The average Bonchev–Trinajstić information content (AvgIpc) is 3.26. The van der Waals surface area contributed by atoms with E-state index in [2.05, 4.69) is 25.5 Å². The van der Waals surface area contributed by atoms with Gasteiger partial charge in [0.2, 0.25) is 5.95 Å². The molecule has 5 rings (SSSR count). The lowest BCUT2D eigenvalue weighted by atomic mass is 9.82. The summed E-state index contributed by atoms with van der Waals surface area (Å²) in [4.78, 5) is 8.69. The van der Waals surface area contributed by atoms with Gasteiger partial charge >= 0.3 is 0 Å². The third-order valence-electron chi connectivity index (χ3n) is 5.02. The van der Waals surface area contributed by atoms with Gasteiger partial charge in [-0.15, -0.1) is 5.10 Å². The summed E-state index contributed by atoms with van der Waals surface area (Å²) in [6.45, 7) is 0.873. The summed E-state index contributed by atoms with van der Waals surface area (Å²) in [5, 5.41) is 12.5. The van der Waals surface area contributed by atoms with Gasteiger partial charge in [-0.1, -0.05) is 0 Å². The molecule has 132 valence electrons. The third kappa shape index (κ3) is 2.59. The quantitative estimate of drug-likeness (QED) is 0.595. The summed E-state index contributed by atoms with van der Waals surface area (Å²) in [5.74, 6) is 1.27. The van der Waals surface area contributed by atoms with E-state index >= 15 is 0 Å². The fourth-order valence-corrected chi connectivity index (χ4v) is 3.43. The Balaban J connectivity index is 1.37. The summed E-state index contributed by atoms with van der Waals surface area (Å²) in [6, 6.07) is 5.93. The Morgan fingerprint density at radius 1 is 1.12 bits per heavy atom. The molecule has 0 aromatic carbocycles. The van der Waals surface area contributed by atoms with Gasteiger partial charge in [0.1, 0.15) is 0 Å². The zero-order chi connectivity index (χ0) is 17.5. The highest BCUT2D eigenvalue weighted by Crippen LogP contribution is 2.29. The van der Waals surface area contributed by atoms with Crippen LogP contribution in [0.2, 0.25) is 0 Å². The maximum Gasteiger partial charge on any atom is 0.241 e. The first kappa shape index (κ1) is 15.3. The molecule has 0 saturated heterocycles. The number of fused-ring (bicyclic) bond motifs is 2. The highest BCUT2D eigenvalue weighted by molar-refractivity contribution is 5.78. The van der Waals surface area contributed by atoms with Crippen molar-refractivity contribution in [2.75, 3.05) is 19.0 Å². The topological polar surface area (TPSA) is 81.6 Å². The molecule has 1 fully saturated rings. The van der Waals surface area contributed by atoms with E-state index in [0.717, 1.165) is 41.8 Å². The Labute approximate surface area is 149 Å². The molecule has 1 saturated carbocycles. The molecule has 1 aliphatic rings. The van der Waals surface area contributed by atoms with Crippen molar-refractivity contribution in [3.63, 3.8) is 0 Å². The molecule has 4 aromatic heterocycles. The van der Waals surface area contributed by atoms with Gasteiger partial charge in [-0.3, -0.25) is 0 Å². The molecule has 0 bridgehead atoms. The SMILES string of the molecule is COC1CC(CNc2ncc3c(-c4ccc5nccn5n4)ccn3n2)C1. The number of nitrogens with one attached hydrogen (secondary N) is 1. The van der Waals surface area contributed by atoms with E-state index in [9.17, 15) is 0 Å². The number of rotatable bonds is 5. The minimum Gasteiger partial charge on any atom is -0.381 e. The Bertz CT molecular complexity index is 1060. The average molecular weight is 349 g/mol. The Morgan fingerprint density at radius 2 is 2.04 bits per heavy atom. The lowest BCUT2D eigenvalue weighted by Crippen LogP contribution is -2.35. The van der Waals surface area contributed by atoms with Gasteiger partial charge in [0.25, 0.3) is 0 Å². The van der Waals surface area contributed by atoms with Crippen LogP contribution in [0.1, 0.15) is 12.8 Å². The summed E-state index contributed by atoms with van der Waals surface area (Å²) in [5.41, 5.74) is 3.61. The van der Waals surface area contributed by atoms with E-state index in [1.807, 2.05) is 41.3 Å². The number of hydrogen-bond acceptors (Lipinski definition) is 6. The van der Waals surface area contributed by atoms with E-state index in [1.165, 1.54) is 0 Å². The van der Waals surface area contributed by atoms with E-state index in [4.69, 9.17) is 4.74 Å². The zero-order valence-corrected chi connectivity index (χ0v) is 14.4. The van der Waals surface area contributed by atoms with E-state index in [1.54, 1.807) is 17.8 Å². The maximum absolute atomic E-state index is 5.32. The van der Waals surface area contributed by atoms with Gasteiger partial charge in [0.15, 0.2) is 5.65 Å². The molecule has 0 aliphatic heterocycles. The Kier molecular flexibility index (Phi) is 3.56. The van der Waals surface area contributed by atoms with Crippen molar-refractivity contribution in [3.8, 4) is 11.3 Å². The second-order valence-electron chi connectivity index (χ2n) is 6.67. The van der Waals surface area contributed by atoms with Crippen LogP contribution >= 0.6 is 0 Å². The number of aromatic nitrogens is 6. The molecule has 0 spiro atoms. The highest BCUT2D eigenvalue weighted by Gasteiger charge is 2.28. The third-order valence-corrected chi connectivity index (χ3v) is 5.02. The number of ether oxygens (including phenoxy) is 1. The van der Waals surface area contributed by atoms with Gasteiger partial charge in [0, 0.05) is 37.8 Å². The number of methoxy groups -OCH3 is 1. The highest BCUT2D eigenvalue weighted by atomic mass is 16.5. The number of hydrogen-bond donors (Lipinski definition) is 1. The van der Waals surface area contributed by atoms with Gasteiger partial charge < -0.3 is 10.1 Å². The summed E-state index contributed by atoms with van der Waals surface area (Å²) >= 11 is 0. The second kappa shape index (κ2) is 6.06. The lowest BCUT2D eigenvalue weighted by molar-refractivity contribution is 0.00558. The molecular weight excluding hydrogens is 330 g/mol. The Hall–Kier alpha value is -3.00. The largest absolute Gasteiger partial charge is 0.381 e. The van der Waals surface area contributed by atoms with Crippen LogP contribution in [0.25, 0.3) is 22.4 Å². The van der Waals surface area contributed by atoms with Gasteiger partial charge in [-0.05, 0) is 37.0 Å². The minimum atomic E-state index is 0.414. The molecule has 4 heterocycles. The molecule has 8 heteroatoms. The molecule has 4 aromatic rings. The molecule has 8 nitrogen and oxygen atoms in total. The smallest absolute Gasteiger partial charge is 0.241 e. The molecule has 0 atom stereocenters. The normalized spacial score (nSPS) is 19.7. The van der Waals surface area contributed by atoms with Crippen LogP contribution in [0.5, 0.6) is 0 Å². The van der Waals surface area contributed by atoms with Crippen LogP contribution in [0.15, 0.2) is 43.0 Å². The van der Waals surface area contributed by atoms with Crippen molar-refractivity contribution in [2.45, 2.75) is 18.9 Å². The first-order chi connectivity index (χ1) is 12.8. The molecule has 26 heavy (non-hydrogen) atoms. The predicted molar refractivity (Wildman–Crippen MR) is 97.0 cm³/mol. The Morgan fingerprint density at radius 3 is 2.92 bits per heavy atom. The fourth-order valence-electron chi connectivity index (χ4n) is 3.43. The van der Waals surface area contributed by atoms with Crippen LogP contribution in [-0.2, 0) is 4.74 Å². The van der Waals surface area contributed by atoms with Crippen molar-refractivity contribution >= 4 is 17.1 Å². The van der Waals surface area contributed by atoms with Crippen molar-refractivity contribution in [2.24, 2.45) is 5.92 Å². The van der Waals surface area contributed by atoms with Gasteiger partial charge in [0.05, 0.1) is 23.5 Å². The molecule has 0 radical (unpaired) electrons. The van der Waals surface area contributed by atoms with Crippen LogP contribution < -0.4 is 5.32 Å². The van der Waals surface area contributed by atoms with Gasteiger partial charge in [-0.25, -0.2) is 19.0 Å². The van der Waals surface area contributed by atoms with Crippen LogP contribution in [0.4, 0.5) is 5.95 Å². The standard InChI is InChI=1S/C18H19N7O/c1-26-13-8-12(9-13)10-20-18-21-11-16-14(4-6-24(16)23-18)15-2-3-17-19-5-7-25(17)22-15/h2-7,11-13H,8-10H2,1H3,(H,20,23). The van der Waals surface area contributed by atoms with Gasteiger partial charge in [-0.2, -0.15) is 5.10 Å². The molecular formula is C18H19N7O. The predicted octanol–water partition coefficient (Wildman–Crippen LogP) is 2.28. The van der Waals surface area contributed by atoms with Crippen molar-refractivity contribution in [1.82, 2.24) is 29.2 Å². The molecule has 0 amide bonds. The van der Waals surface area contributed by atoms with Crippen LogP contribution in [0.3, 0.4) is 0 Å². The maximum atomic E-state index is 5.32. The lowest BCUT2D eigenvalue weighted by Gasteiger charge is -2.34. The summed E-state index contributed by atoms with van der Waals surface area (Å²) in [7, 11) is 1.77. The number of nitrogens with zero attached hydrogens (tertiary/aromatic N) is 6. The van der Waals surface area contributed by atoms with Crippen LogP contribution in [-0.4, -0.2) is 49.0 Å². The summed E-state index contributed by atoms with van der Waals surface area (Å²) in [6.07, 6.45) is 9.96. The molecule has 1 N–H and O–H groups in total. The first-order valence-corrected chi connectivity index (χ1v) is 8.72. The van der Waals surface area contributed by atoms with Crippen molar-refractivity contribution in [1.29, 1.82) is 0 Å². The van der Waals surface area contributed by atoms with E-state index in [0.29, 0.717) is 18.0 Å². The second-order valence-corrected chi connectivity index (χ2v) is 6.67. The zero-order valence-electron chi connectivity index (χ0n) is 14.4. The van der Waals surface area contributed by atoms with E-state index < -0.39 is 0 Å². The van der Waals surface area contributed by atoms with E-state index in [-0.39, 0.29) is 0 Å². The monoisotopic (exact) mass is 349 g/mol. The number of imidazole rings is 1. The van der Waals surface area contributed by atoms with Crippen molar-refractivity contribution < 1.29 is 4.74 Å². The first-order valence-electron chi connectivity index (χ1n) is 8.72. The fraction of sp³-hybridized carbons (Fsp3) is 0.333.